The predicted octanol–water partition coefficient (Wildman–Crippen LogP) is 4.00. The quantitative estimate of drug-likeness (QED) is 0.598. The van der Waals surface area contributed by atoms with E-state index in [1.807, 2.05) is 35.0 Å². The summed E-state index contributed by atoms with van der Waals surface area (Å²) in [4.78, 5) is 16.8. The number of anilines is 1. The Balaban J connectivity index is 1.69. The number of fused-ring (bicyclic) bond motifs is 1. The third-order valence-electron chi connectivity index (χ3n) is 3.27. The van der Waals surface area contributed by atoms with E-state index < -0.39 is 0 Å². The van der Waals surface area contributed by atoms with Gasteiger partial charge >= 0.3 is 0 Å². The minimum Gasteiger partial charge on any atom is -0.319 e. The third kappa shape index (κ3) is 2.20. The second-order valence-electron chi connectivity index (χ2n) is 4.59. The van der Waals surface area contributed by atoms with E-state index in [0.717, 1.165) is 20.8 Å². The number of aromatic nitrogens is 3. The van der Waals surface area contributed by atoms with Gasteiger partial charge in [-0.2, -0.15) is 5.10 Å². The summed E-state index contributed by atoms with van der Waals surface area (Å²) in [5.41, 5.74) is 2.01. The number of benzene rings is 1. The molecular weight excluding hydrogens is 316 g/mol. The molecule has 0 spiro atoms. The average Bonchev–Trinajstić information content (AvgIpc) is 3.27. The molecule has 3 heterocycles. The first-order valence-corrected chi connectivity index (χ1v) is 8.29. The van der Waals surface area contributed by atoms with Gasteiger partial charge in [-0.05, 0) is 23.6 Å². The molecule has 0 aliphatic carbocycles. The molecule has 5 nitrogen and oxygen atoms in total. The summed E-state index contributed by atoms with van der Waals surface area (Å²) < 4.78 is 1.10. The van der Waals surface area contributed by atoms with Gasteiger partial charge in [-0.1, -0.05) is 6.07 Å². The summed E-state index contributed by atoms with van der Waals surface area (Å²) in [6.07, 6.45) is 3.32. The first-order chi connectivity index (χ1) is 10.8. The minimum atomic E-state index is -0.150. The van der Waals surface area contributed by atoms with Crippen LogP contribution in [-0.2, 0) is 0 Å². The number of carbonyl (C=O) groups is 1. The highest BCUT2D eigenvalue weighted by molar-refractivity contribution is 7.17. The minimum absolute atomic E-state index is 0.150. The number of nitrogens with zero attached hydrogens (tertiary/aromatic N) is 2. The first-order valence-electron chi connectivity index (χ1n) is 6.54. The fraction of sp³-hybridized carbons (Fsp3) is 0. The number of rotatable bonds is 3. The summed E-state index contributed by atoms with van der Waals surface area (Å²) in [7, 11) is 0. The number of H-pyrrole nitrogens is 1. The van der Waals surface area contributed by atoms with Crippen LogP contribution in [-0.4, -0.2) is 21.1 Å². The lowest BCUT2D eigenvalue weighted by Crippen LogP contribution is -2.12. The highest BCUT2D eigenvalue weighted by atomic mass is 32.1. The van der Waals surface area contributed by atoms with E-state index in [1.165, 1.54) is 11.3 Å². The van der Waals surface area contributed by atoms with Crippen LogP contribution in [0.2, 0.25) is 0 Å². The molecule has 108 valence electrons. The molecular formula is C15H10N4OS2. The van der Waals surface area contributed by atoms with Crippen molar-refractivity contribution in [3.05, 3.63) is 53.0 Å². The van der Waals surface area contributed by atoms with Crippen molar-refractivity contribution >= 4 is 44.4 Å². The molecule has 0 saturated heterocycles. The number of amides is 1. The molecule has 2 N–H and O–H groups in total. The van der Waals surface area contributed by atoms with Gasteiger partial charge in [0.25, 0.3) is 5.91 Å². The highest BCUT2D eigenvalue weighted by Crippen LogP contribution is 2.29. The van der Waals surface area contributed by atoms with Crippen LogP contribution in [0.4, 0.5) is 5.69 Å². The van der Waals surface area contributed by atoms with Crippen LogP contribution in [0, 0.1) is 0 Å². The molecule has 4 aromatic rings. The fourth-order valence-corrected chi connectivity index (χ4v) is 3.73. The number of hydrogen-bond donors (Lipinski definition) is 2. The Kier molecular flexibility index (Phi) is 3.21. The van der Waals surface area contributed by atoms with Crippen molar-refractivity contribution in [2.24, 2.45) is 0 Å². The lowest BCUT2D eigenvalue weighted by atomic mass is 10.1. The van der Waals surface area contributed by atoms with Gasteiger partial charge in [-0.3, -0.25) is 9.89 Å². The molecule has 1 amide bonds. The van der Waals surface area contributed by atoms with E-state index in [9.17, 15) is 4.79 Å². The van der Waals surface area contributed by atoms with Crippen LogP contribution >= 0.6 is 22.7 Å². The Hall–Kier alpha value is -2.51. The van der Waals surface area contributed by atoms with Crippen molar-refractivity contribution in [3.8, 4) is 10.7 Å². The fourth-order valence-electron chi connectivity index (χ4n) is 2.27. The molecule has 0 atom stereocenters. The van der Waals surface area contributed by atoms with Crippen molar-refractivity contribution in [1.82, 2.24) is 15.2 Å². The summed E-state index contributed by atoms with van der Waals surface area (Å²) in [6, 6.07) is 7.69. The van der Waals surface area contributed by atoms with E-state index in [-0.39, 0.29) is 5.91 Å². The van der Waals surface area contributed by atoms with E-state index in [2.05, 4.69) is 20.5 Å². The summed E-state index contributed by atoms with van der Waals surface area (Å²) >= 11 is 3.11. The van der Waals surface area contributed by atoms with Gasteiger partial charge in [0.2, 0.25) is 0 Å². The summed E-state index contributed by atoms with van der Waals surface area (Å²) in [6.45, 7) is 0. The van der Waals surface area contributed by atoms with Crippen molar-refractivity contribution < 1.29 is 4.79 Å². The molecule has 0 unspecified atom stereocenters. The normalized spacial score (nSPS) is 10.9. The van der Waals surface area contributed by atoms with Crippen molar-refractivity contribution in [2.45, 2.75) is 0 Å². The number of thiazole rings is 1. The number of thiophene rings is 1. The van der Waals surface area contributed by atoms with Gasteiger partial charge in [0.1, 0.15) is 10.7 Å². The van der Waals surface area contributed by atoms with Crippen LogP contribution in [0.3, 0.4) is 0 Å². The smallest absolute Gasteiger partial charge is 0.256 e. The zero-order chi connectivity index (χ0) is 14.9. The number of aromatic amines is 1. The maximum Gasteiger partial charge on any atom is 0.256 e. The van der Waals surface area contributed by atoms with Gasteiger partial charge in [0.05, 0.1) is 11.9 Å². The topological polar surface area (TPSA) is 70.7 Å². The highest BCUT2D eigenvalue weighted by Gasteiger charge is 2.15. The Labute approximate surface area is 133 Å². The summed E-state index contributed by atoms with van der Waals surface area (Å²) in [5, 5.41) is 15.4. The van der Waals surface area contributed by atoms with E-state index >= 15 is 0 Å². The summed E-state index contributed by atoms with van der Waals surface area (Å²) in [5.74, 6) is -0.150. The maximum atomic E-state index is 12.6. The van der Waals surface area contributed by atoms with Crippen molar-refractivity contribution in [2.75, 3.05) is 5.32 Å². The molecule has 0 saturated carbocycles. The molecule has 0 bridgehead atoms. The monoisotopic (exact) mass is 326 g/mol. The van der Waals surface area contributed by atoms with Crippen LogP contribution < -0.4 is 5.32 Å². The Morgan fingerprint density at radius 3 is 3.00 bits per heavy atom. The molecule has 1 aromatic carbocycles. The standard InChI is InChI=1S/C15H10N4OS2/c20-14(10-2-1-3-12-9(10)4-6-21-12)18-11-8-17-19-13(11)15-16-5-7-22-15/h1-8H,(H,17,19)(H,18,20). The van der Waals surface area contributed by atoms with Gasteiger partial charge in [0, 0.05) is 27.2 Å². The van der Waals surface area contributed by atoms with Crippen LogP contribution in [0.1, 0.15) is 10.4 Å². The lowest BCUT2D eigenvalue weighted by Gasteiger charge is -2.05. The number of hydrogen-bond acceptors (Lipinski definition) is 5. The molecule has 0 fully saturated rings. The number of nitrogens with one attached hydrogen (secondary N) is 2. The molecule has 7 heteroatoms. The SMILES string of the molecule is O=C(Nc1cn[nH]c1-c1nccs1)c1cccc2sccc12. The molecule has 0 aliphatic heterocycles. The zero-order valence-corrected chi connectivity index (χ0v) is 12.9. The van der Waals surface area contributed by atoms with E-state index in [0.29, 0.717) is 11.3 Å². The van der Waals surface area contributed by atoms with Crippen LogP contribution in [0.5, 0.6) is 0 Å². The van der Waals surface area contributed by atoms with Gasteiger partial charge in [-0.15, -0.1) is 22.7 Å². The Bertz CT molecular complexity index is 939. The average molecular weight is 326 g/mol. The predicted molar refractivity (Wildman–Crippen MR) is 89.5 cm³/mol. The largest absolute Gasteiger partial charge is 0.319 e. The maximum absolute atomic E-state index is 12.6. The lowest BCUT2D eigenvalue weighted by molar-refractivity contribution is 0.102. The van der Waals surface area contributed by atoms with Gasteiger partial charge in [0.15, 0.2) is 0 Å². The molecule has 22 heavy (non-hydrogen) atoms. The van der Waals surface area contributed by atoms with Crippen molar-refractivity contribution in [1.29, 1.82) is 0 Å². The second-order valence-corrected chi connectivity index (χ2v) is 6.43. The Morgan fingerprint density at radius 2 is 2.14 bits per heavy atom. The van der Waals surface area contributed by atoms with E-state index in [1.54, 1.807) is 23.7 Å². The Morgan fingerprint density at radius 1 is 1.18 bits per heavy atom. The number of carbonyl (C=O) groups excluding carboxylic acids is 1. The molecule has 0 aliphatic rings. The molecule has 0 radical (unpaired) electrons. The molecule has 4 rings (SSSR count). The molecule has 3 aromatic heterocycles. The van der Waals surface area contributed by atoms with Crippen LogP contribution in [0.15, 0.2) is 47.4 Å². The van der Waals surface area contributed by atoms with E-state index in [4.69, 9.17) is 0 Å². The van der Waals surface area contributed by atoms with Gasteiger partial charge < -0.3 is 5.32 Å². The van der Waals surface area contributed by atoms with Crippen molar-refractivity contribution in [3.63, 3.8) is 0 Å². The van der Waals surface area contributed by atoms with Gasteiger partial charge in [-0.25, -0.2) is 4.98 Å². The second kappa shape index (κ2) is 5.36. The third-order valence-corrected chi connectivity index (χ3v) is 4.95. The zero-order valence-electron chi connectivity index (χ0n) is 11.2. The van der Waals surface area contributed by atoms with Crippen LogP contribution in [0.25, 0.3) is 20.8 Å². The first kappa shape index (κ1) is 13.2.